The molecule has 0 radical (unpaired) electrons. The van der Waals surface area contributed by atoms with Crippen LogP contribution in [0.3, 0.4) is 0 Å². The van der Waals surface area contributed by atoms with Crippen LogP contribution in [0.4, 0.5) is 0 Å². The maximum absolute atomic E-state index is 10.5. The summed E-state index contributed by atoms with van der Waals surface area (Å²) < 4.78 is 0. The standard InChI is InChI=1S/C13H27NO/c1-10(2)14-9-7-8-13(6,15)11(14)12(3,4)5/h10-11,15H,7-9H2,1-6H3. The SMILES string of the molecule is CC(C)N1CCCC(C)(O)C1C(C)(C)C. The molecule has 0 aliphatic carbocycles. The first-order chi connectivity index (χ1) is 6.66. The third kappa shape index (κ3) is 2.73. The second-order valence-corrected chi connectivity index (χ2v) is 6.56. The van der Waals surface area contributed by atoms with Gasteiger partial charge in [-0.3, -0.25) is 4.90 Å². The lowest BCUT2D eigenvalue weighted by Crippen LogP contribution is -2.62. The van der Waals surface area contributed by atoms with Crippen LogP contribution in [-0.2, 0) is 0 Å². The van der Waals surface area contributed by atoms with E-state index in [0.717, 1.165) is 19.4 Å². The van der Waals surface area contributed by atoms with E-state index in [1.165, 1.54) is 0 Å². The zero-order valence-corrected chi connectivity index (χ0v) is 11.2. The molecule has 15 heavy (non-hydrogen) atoms. The zero-order valence-electron chi connectivity index (χ0n) is 11.2. The molecule has 0 aromatic carbocycles. The Morgan fingerprint density at radius 1 is 1.33 bits per heavy atom. The highest BCUT2D eigenvalue weighted by Gasteiger charge is 2.46. The van der Waals surface area contributed by atoms with Gasteiger partial charge in [-0.25, -0.2) is 0 Å². The summed E-state index contributed by atoms with van der Waals surface area (Å²) in [5.74, 6) is 0. The topological polar surface area (TPSA) is 23.5 Å². The third-order valence-corrected chi connectivity index (χ3v) is 3.50. The van der Waals surface area contributed by atoms with Gasteiger partial charge in [-0.15, -0.1) is 0 Å². The fraction of sp³-hybridized carbons (Fsp3) is 1.00. The van der Waals surface area contributed by atoms with Gasteiger partial charge in [-0.05, 0) is 45.6 Å². The molecule has 1 fully saturated rings. The van der Waals surface area contributed by atoms with E-state index in [0.29, 0.717) is 6.04 Å². The highest BCUT2D eigenvalue weighted by molar-refractivity contribution is 5.00. The Kier molecular flexibility index (Phi) is 3.52. The van der Waals surface area contributed by atoms with Crippen LogP contribution < -0.4 is 0 Å². The second kappa shape index (κ2) is 4.06. The van der Waals surface area contributed by atoms with Gasteiger partial charge in [-0.2, -0.15) is 0 Å². The lowest BCUT2D eigenvalue weighted by Gasteiger charge is -2.53. The Labute approximate surface area is 94.7 Å². The minimum absolute atomic E-state index is 0.133. The van der Waals surface area contributed by atoms with E-state index >= 15 is 0 Å². The largest absolute Gasteiger partial charge is 0.389 e. The highest BCUT2D eigenvalue weighted by atomic mass is 16.3. The number of nitrogens with zero attached hydrogens (tertiary/aromatic N) is 1. The smallest absolute Gasteiger partial charge is 0.0779 e. The van der Waals surface area contributed by atoms with E-state index in [9.17, 15) is 5.11 Å². The number of rotatable bonds is 1. The van der Waals surface area contributed by atoms with Gasteiger partial charge < -0.3 is 5.11 Å². The van der Waals surface area contributed by atoms with Gasteiger partial charge in [0.25, 0.3) is 0 Å². The van der Waals surface area contributed by atoms with Gasteiger partial charge >= 0.3 is 0 Å². The normalized spacial score (nSPS) is 34.8. The molecule has 1 rings (SSSR count). The summed E-state index contributed by atoms with van der Waals surface area (Å²) in [6.07, 6.45) is 2.04. The Balaban J connectivity index is 2.98. The van der Waals surface area contributed by atoms with Gasteiger partial charge in [0.2, 0.25) is 0 Å². The second-order valence-electron chi connectivity index (χ2n) is 6.56. The first-order valence-corrected chi connectivity index (χ1v) is 6.14. The van der Waals surface area contributed by atoms with E-state index in [4.69, 9.17) is 0 Å². The van der Waals surface area contributed by atoms with Crippen molar-refractivity contribution in [2.45, 2.75) is 72.1 Å². The van der Waals surface area contributed by atoms with Crippen molar-refractivity contribution < 1.29 is 5.11 Å². The van der Waals surface area contributed by atoms with E-state index < -0.39 is 5.60 Å². The molecular formula is C13H27NO. The summed E-state index contributed by atoms with van der Waals surface area (Å²) in [6.45, 7) is 14.3. The Bertz CT molecular complexity index is 215. The molecule has 0 aromatic heterocycles. The molecule has 90 valence electrons. The first kappa shape index (κ1) is 13.0. The van der Waals surface area contributed by atoms with Gasteiger partial charge in [0.15, 0.2) is 0 Å². The number of hydrogen-bond acceptors (Lipinski definition) is 2. The van der Waals surface area contributed by atoms with Crippen LogP contribution >= 0.6 is 0 Å². The van der Waals surface area contributed by atoms with Crippen LogP contribution in [-0.4, -0.2) is 34.2 Å². The van der Waals surface area contributed by atoms with Crippen molar-refractivity contribution in [3.63, 3.8) is 0 Å². The molecule has 1 aliphatic heterocycles. The van der Waals surface area contributed by atoms with Crippen LogP contribution in [0, 0.1) is 5.41 Å². The number of piperidine rings is 1. The van der Waals surface area contributed by atoms with Gasteiger partial charge in [0.05, 0.1) is 5.60 Å². The van der Waals surface area contributed by atoms with E-state index in [1.54, 1.807) is 0 Å². The fourth-order valence-corrected chi connectivity index (χ4v) is 3.23. The molecule has 1 N–H and O–H groups in total. The van der Waals surface area contributed by atoms with Crippen molar-refractivity contribution in [2.75, 3.05) is 6.54 Å². The minimum Gasteiger partial charge on any atom is -0.389 e. The molecule has 1 aliphatic rings. The molecule has 0 bridgehead atoms. The zero-order chi connectivity index (χ0) is 11.9. The molecule has 0 amide bonds. The van der Waals surface area contributed by atoms with Crippen LogP contribution in [0.25, 0.3) is 0 Å². The molecule has 0 saturated carbocycles. The van der Waals surface area contributed by atoms with Crippen molar-refractivity contribution in [1.82, 2.24) is 4.90 Å². The van der Waals surface area contributed by atoms with Crippen LogP contribution in [0.1, 0.15) is 54.4 Å². The summed E-state index contributed by atoms with van der Waals surface area (Å²) >= 11 is 0. The molecular weight excluding hydrogens is 186 g/mol. The summed E-state index contributed by atoms with van der Waals surface area (Å²) in [7, 11) is 0. The molecule has 0 spiro atoms. The summed E-state index contributed by atoms with van der Waals surface area (Å²) in [5.41, 5.74) is -0.408. The lowest BCUT2D eigenvalue weighted by atomic mass is 9.71. The van der Waals surface area contributed by atoms with Crippen molar-refractivity contribution in [1.29, 1.82) is 0 Å². The maximum atomic E-state index is 10.5. The van der Waals surface area contributed by atoms with Crippen LogP contribution in [0.5, 0.6) is 0 Å². The lowest BCUT2D eigenvalue weighted by molar-refractivity contribution is -0.117. The highest BCUT2D eigenvalue weighted by Crippen LogP contribution is 2.39. The molecule has 0 aromatic rings. The molecule has 2 unspecified atom stereocenters. The van der Waals surface area contributed by atoms with Crippen molar-refractivity contribution >= 4 is 0 Å². The Morgan fingerprint density at radius 3 is 2.20 bits per heavy atom. The quantitative estimate of drug-likeness (QED) is 0.724. The number of likely N-dealkylation sites (tertiary alicyclic amines) is 1. The first-order valence-electron chi connectivity index (χ1n) is 6.14. The molecule has 1 heterocycles. The fourth-order valence-electron chi connectivity index (χ4n) is 3.23. The summed E-state index contributed by atoms with van der Waals surface area (Å²) in [5, 5.41) is 10.5. The molecule has 2 heteroatoms. The summed E-state index contributed by atoms with van der Waals surface area (Å²) in [4.78, 5) is 2.46. The third-order valence-electron chi connectivity index (χ3n) is 3.50. The minimum atomic E-state index is -0.541. The van der Waals surface area contributed by atoms with Gasteiger partial charge in [0.1, 0.15) is 0 Å². The predicted octanol–water partition coefficient (Wildman–Crippen LogP) is 2.66. The van der Waals surface area contributed by atoms with Crippen molar-refractivity contribution in [3.8, 4) is 0 Å². The summed E-state index contributed by atoms with van der Waals surface area (Å²) in [6, 6.07) is 0.778. The predicted molar refractivity (Wildman–Crippen MR) is 64.9 cm³/mol. The van der Waals surface area contributed by atoms with Crippen molar-refractivity contribution in [2.24, 2.45) is 5.41 Å². The van der Waals surface area contributed by atoms with Gasteiger partial charge in [-0.1, -0.05) is 20.8 Å². The molecule has 2 nitrogen and oxygen atoms in total. The van der Waals surface area contributed by atoms with Crippen LogP contribution in [0.2, 0.25) is 0 Å². The van der Waals surface area contributed by atoms with E-state index in [1.807, 2.05) is 6.92 Å². The number of hydrogen-bond donors (Lipinski definition) is 1. The Morgan fingerprint density at radius 2 is 1.87 bits per heavy atom. The molecule has 2 atom stereocenters. The van der Waals surface area contributed by atoms with Crippen molar-refractivity contribution in [3.05, 3.63) is 0 Å². The average molecular weight is 213 g/mol. The van der Waals surface area contributed by atoms with Gasteiger partial charge in [0, 0.05) is 12.1 Å². The average Bonchev–Trinajstić information content (AvgIpc) is 1.98. The maximum Gasteiger partial charge on any atom is 0.0779 e. The van der Waals surface area contributed by atoms with E-state index in [2.05, 4.69) is 39.5 Å². The monoisotopic (exact) mass is 213 g/mol. The molecule has 1 saturated heterocycles. The van der Waals surface area contributed by atoms with Crippen LogP contribution in [0.15, 0.2) is 0 Å². The van der Waals surface area contributed by atoms with E-state index in [-0.39, 0.29) is 11.5 Å². The Hall–Kier alpha value is -0.0800. The number of aliphatic hydroxyl groups is 1.